The Kier molecular flexibility index (Phi) is 56.6. The number of ether oxygens (including phenoxy) is 2. The molecule has 0 bridgehead atoms. The predicted molar refractivity (Wildman–Crippen MR) is 631 cm³/mol. The second-order valence-electron chi connectivity index (χ2n) is 51.9. The van der Waals surface area contributed by atoms with Crippen molar-refractivity contribution in [1.29, 1.82) is 0 Å². The summed E-state index contributed by atoms with van der Waals surface area (Å²) in [6, 6.07) is 80.4. The summed E-state index contributed by atoms with van der Waals surface area (Å²) in [4.78, 5) is 30.3. The van der Waals surface area contributed by atoms with Crippen molar-refractivity contribution in [3.05, 3.63) is 322 Å². The van der Waals surface area contributed by atoms with Crippen molar-refractivity contribution in [3.8, 4) is 0 Å². The lowest BCUT2D eigenvalue weighted by Crippen LogP contribution is -2.34. The van der Waals surface area contributed by atoms with Crippen molar-refractivity contribution < 1.29 is 41.5 Å². The Hall–Kier alpha value is -9.96. The third kappa shape index (κ3) is 60.8. The van der Waals surface area contributed by atoms with E-state index in [2.05, 4.69) is 280 Å². The number of oxime groups is 3. The zero-order valence-electron chi connectivity index (χ0n) is 99.1. The summed E-state index contributed by atoms with van der Waals surface area (Å²) in [6.45, 7) is 84.1. The molecule has 0 aromatic heterocycles. The second kappa shape index (κ2) is 63.4. The second-order valence-corrected chi connectivity index (χ2v) is 51.9. The summed E-state index contributed by atoms with van der Waals surface area (Å²) in [7, 11) is 0. The molecule has 1 heterocycles. The largest absolute Gasteiger partial charge is 0.416 e. The summed E-state index contributed by atoms with van der Waals surface area (Å²) in [5.74, 6) is -0.240. The maximum atomic E-state index is 13.5. The molecule has 0 amide bonds. The Morgan fingerprint density at radius 3 is 0.845 bits per heavy atom. The van der Waals surface area contributed by atoms with E-state index in [4.69, 9.17) is 34.0 Å². The SMILES string of the molecule is C/C(=N\OCCC(C)(C)C)c1ccccc1.C1CCC1.CC(C)(C)C.CC(C)(C)C1(C)CCCC1.CC(C)(C)C1(C)CCCCC1.CC(C)(C)CC1OCCO1.CC(C)(C)CCON=C(c1ccccc1)c1ccccc1.CC(C)(C)N=C(c1ccccc1)c1ccc(C(F)(F)F)cc1.CC(C)(C)N=C(c1ccccc1)c1ccccc1.CC(C)=NOCCC(C)(C)C.Cc1ccc(C(=NC(C)(C)C)c2cccc(F)c2)cc1. The maximum absolute atomic E-state index is 13.5. The number of alkyl halides is 3. The van der Waals surface area contributed by atoms with Crippen molar-refractivity contribution in [2.75, 3.05) is 33.0 Å². The molecule has 15 heteroatoms. The molecule has 1 aliphatic heterocycles. The van der Waals surface area contributed by atoms with Crippen molar-refractivity contribution in [2.24, 2.45) is 79.2 Å². The third-order valence-electron chi connectivity index (χ3n) is 24.9. The van der Waals surface area contributed by atoms with Crippen LogP contribution in [0.5, 0.6) is 0 Å². The first-order valence-corrected chi connectivity index (χ1v) is 54.4. The number of halogens is 4. The van der Waals surface area contributed by atoms with Crippen LogP contribution in [0, 0.1) is 61.5 Å². The van der Waals surface area contributed by atoms with Crippen LogP contribution >= 0.6 is 0 Å². The monoisotopic (exact) mass is 2040 g/mol. The first-order valence-electron chi connectivity index (χ1n) is 54.4. The molecule has 148 heavy (non-hydrogen) atoms. The van der Waals surface area contributed by atoms with Gasteiger partial charge in [-0.3, -0.25) is 15.0 Å². The molecule has 4 fully saturated rings. The highest BCUT2D eigenvalue weighted by Gasteiger charge is 2.40. The fourth-order valence-electron chi connectivity index (χ4n) is 14.8. The zero-order chi connectivity index (χ0) is 112. The molecule has 0 spiro atoms. The van der Waals surface area contributed by atoms with E-state index in [1.807, 2.05) is 209 Å². The topological polar surface area (TPSA) is 120 Å². The molecule has 13 rings (SSSR count). The van der Waals surface area contributed by atoms with E-state index in [9.17, 15) is 17.6 Å². The highest BCUT2D eigenvalue weighted by atomic mass is 19.4. The van der Waals surface area contributed by atoms with Crippen molar-refractivity contribution in [3.63, 3.8) is 0 Å². The number of hydrogen-bond acceptors (Lipinski definition) is 11. The summed E-state index contributed by atoms with van der Waals surface area (Å²) < 4.78 is 62.2. The molecule has 0 radical (unpaired) electrons. The van der Waals surface area contributed by atoms with E-state index in [0.717, 1.165) is 113 Å². The van der Waals surface area contributed by atoms with E-state index in [-0.39, 0.29) is 34.1 Å². The molecule has 9 aromatic carbocycles. The van der Waals surface area contributed by atoms with Gasteiger partial charge in [0.15, 0.2) is 6.29 Å². The minimum Gasteiger partial charge on any atom is -0.396 e. The summed E-state index contributed by atoms with van der Waals surface area (Å²) in [5, 5.41) is 12.3. The van der Waals surface area contributed by atoms with Gasteiger partial charge in [0.1, 0.15) is 31.3 Å². The van der Waals surface area contributed by atoms with Gasteiger partial charge in [-0.25, -0.2) is 4.39 Å². The average molecular weight is 2040 g/mol. The smallest absolute Gasteiger partial charge is 0.396 e. The van der Waals surface area contributed by atoms with E-state index in [1.54, 1.807) is 6.07 Å². The Morgan fingerprint density at radius 1 is 0.311 bits per heavy atom. The van der Waals surface area contributed by atoms with Crippen LogP contribution in [0.1, 0.15) is 420 Å². The van der Waals surface area contributed by atoms with E-state index >= 15 is 0 Å². The highest BCUT2D eigenvalue weighted by molar-refractivity contribution is 6.15. The van der Waals surface area contributed by atoms with Crippen LogP contribution in [0.15, 0.2) is 285 Å². The zero-order valence-corrected chi connectivity index (χ0v) is 99.1. The van der Waals surface area contributed by atoms with Crippen LogP contribution in [0.4, 0.5) is 17.6 Å². The number of aliphatic imine (C=N–C) groups is 3. The fraction of sp³-hybridized carbons (Fsp3) is 0.549. The van der Waals surface area contributed by atoms with Gasteiger partial charge in [-0.05, 0) is 214 Å². The number of hydrogen-bond donors (Lipinski definition) is 0. The number of aryl methyl sites for hydroxylation is 1. The van der Waals surface area contributed by atoms with Gasteiger partial charge in [-0.15, -0.1) is 0 Å². The lowest BCUT2D eigenvalue weighted by molar-refractivity contribution is -0.137. The van der Waals surface area contributed by atoms with Gasteiger partial charge in [0.2, 0.25) is 0 Å². The molecule has 9 aromatic rings. The van der Waals surface area contributed by atoms with Gasteiger partial charge in [0.25, 0.3) is 0 Å². The van der Waals surface area contributed by atoms with Gasteiger partial charge < -0.3 is 24.0 Å². The molecular weight excluding hydrogens is 1840 g/mol. The molecule has 3 saturated carbocycles. The molecule has 1 saturated heterocycles. The summed E-state index contributed by atoms with van der Waals surface area (Å²) in [5.41, 5.74) is 18.2. The normalized spacial score (nSPS) is 14.9. The van der Waals surface area contributed by atoms with Gasteiger partial charge in [-0.1, -0.05) is 476 Å². The Morgan fingerprint density at radius 2 is 0.574 bits per heavy atom. The standard InChI is InChI=1S/C19H23NO.C18H18F3N.C18H20FN.C17H19N.C14H21NO.C11H22.C10H20.C9H19NO.C8H16O2.C5H12.C4H8/c1-19(2,3)14-15-21-20-18(16-10-6-4-7-11-16)17-12-8-5-9-13-17;1-17(2,3)22-16(13-7-5-4-6-8-13)14-9-11-15(12-10-14)18(19,20)21;1-13-8-10-14(11-9-13)17(20-18(2,3)4)15-6-5-7-16(19)12-15;1-17(2,3)18-16(14-10-6-4-7-11-14)15-12-8-5-9-13-15;1-12(13-8-6-5-7-9-13)15-16-11-10-14(2,3)4;1-10(2,3)11(4)8-6-5-7-9-11;1-9(2,3)10(4)7-5-6-8-10;1-8(2)10-11-7-6-9(3,4)5;1-8(2,3)6-7-9-4-5-10-7;1-5(2,3)4;1-2-4-3-1/h4-13H,14-15H2,1-3H3;4-12H,1-3H3;5-12H,1-4H3;4-13H,1-3H3;5-9H,10-11H2,1-4H3;5-9H2,1-4H3;5-8H2,1-4H3;6-7H2,1-5H3;7H,4-6H2,1-3H3;1-4H3;1-4H2/b;;;;15-12+;;;;;;. The molecule has 0 atom stereocenters. The van der Waals surface area contributed by atoms with Crippen molar-refractivity contribution in [2.45, 2.75) is 394 Å². The van der Waals surface area contributed by atoms with Crippen LogP contribution in [0.2, 0.25) is 0 Å². The van der Waals surface area contributed by atoms with E-state index < -0.39 is 11.7 Å². The molecule has 4 aliphatic rings. The minimum absolute atomic E-state index is 0.0556. The van der Waals surface area contributed by atoms with Gasteiger partial charge in [0, 0.05) is 50.9 Å². The minimum atomic E-state index is -4.33. The Labute approximate surface area is 898 Å². The lowest BCUT2D eigenvalue weighted by atomic mass is 9.61. The fourth-order valence-corrected chi connectivity index (χ4v) is 14.8. The average Bonchev–Trinajstić information content (AvgIpc) is 1.79. The Bertz CT molecular complexity index is 5170. The van der Waals surface area contributed by atoms with Crippen molar-refractivity contribution in [1.82, 2.24) is 0 Å². The molecule has 0 N–H and O–H groups in total. The van der Waals surface area contributed by atoms with Crippen LogP contribution < -0.4 is 0 Å². The van der Waals surface area contributed by atoms with Crippen LogP contribution in [-0.4, -0.2) is 90.2 Å². The summed E-state index contributed by atoms with van der Waals surface area (Å²) >= 11 is 0. The first kappa shape index (κ1) is 132. The number of nitrogens with zero attached hydrogens (tertiary/aromatic N) is 6. The van der Waals surface area contributed by atoms with Gasteiger partial charge in [0.05, 0.1) is 64.0 Å². The maximum Gasteiger partial charge on any atom is 0.416 e. The molecular formula is C133H198F4N6O5. The van der Waals surface area contributed by atoms with Gasteiger partial charge in [-0.2, -0.15) is 13.2 Å². The molecule has 818 valence electrons. The van der Waals surface area contributed by atoms with Crippen molar-refractivity contribution >= 4 is 34.3 Å². The van der Waals surface area contributed by atoms with Gasteiger partial charge >= 0.3 is 6.18 Å². The molecule has 3 aliphatic carbocycles. The predicted octanol–water partition coefficient (Wildman–Crippen LogP) is 39.0. The van der Waals surface area contributed by atoms with Crippen LogP contribution in [-0.2, 0) is 30.2 Å². The van der Waals surface area contributed by atoms with E-state index in [0.29, 0.717) is 74.4 Å². The van der Waals surface area contributed by atoms with Crippen LogP contribution in [0.25, 0.3) is 0 Å². The number of benzene rings is 9. The first-order chi connectivity index (χ1) is 68.5. The lowest BCUT2D eigenvalue weighted by Gasteiger charge is -2.45. The quantitative estimate of drug-likeness (QED) is 0.0346. The summed E-state index contributed by atoms with van der Waals surface area (Å²) in [6.07, 6.45) is 18.8. The molecule has 11 nitrogen and oxygen atoms in total. The van der Waals surface area contributed by atoms with Crippen LogP contribution in [0.3, 0.4) is 0 Å². The third-order valence-corrected chi connectivity index (χ3v) is 24.9. The van der Waals surface area contributed by atoms with E-state index in [1.165, 1.54) is 124 Å². The Balaban J connectivity index is 0.000000428. The number of rotatable bonds is 19. The molecule has 0 unspecified atom stereocenters. The highest BCUT2D eigenvalue weighted by Crippen LogP contribution is 2.51.